The van der Waals surface area contributed by atoms with Crippen molar-refractivity contribution in [1.29, 1.82) is 0 Å². The Morgan fingerprint density at radius 1 is 0.960 bits per heavy atom. The van der Waals surface area contributed by atoms with E-state index in [1.165, 1.54) is 5.56 Å². The molecule has 0 aromatic heterocycles. The van der Waals surface area contributed by atoms with Gasteiger partial charge in [0.25, 0.3) is 5.91 Å². The van der Waals surface area contributed by atoms with Crippen LogP contribution in [0, 0.1) is 0 Å². The zero-order valence-corrected chi connectivity index (χ0v) is 15.4. The van der Waals surface area contributed by atoms with Gasteiger partial charge in [0, 0.05) is 11.8 Å². The fourth-order valence-corrected chi connectivity index (χ4v) is 2.31. The van der Waals surface area contributed by atoms with E-state index in [9.17, 15) is 4.79 Å². The summed E-state index contributed by atoms with van der Waals surface area (Å²) in [6.07, 6.45) is 0. The van der Waals surface area contributed by atoms with Crippen LogP contribution in [0.15, 0.2) is 42.5 Å². The molecule has 0 bridgehead atoms. The van der Waals surface area contributed by atoms with Crippen molar-refractivity contribution in [3.63, 3.8) is 0 Å². The van der Waals surface area contributed by atoms with Gasteiger partial charge in [-0.05, 0) is 35.2 Å². The van der Waals surface area contributed by atoms with Crippen LogP contribution in [0.4, 0.5) is 5.69 Å². The van der Waals surface area contributed by atoms with E-state index in [1.807, 2.05) is 24.3 Å². The molecule has 5 heteroatoms. The number of hydrogen-bond acceptors (Lipinski definition) is 4. The van der Waals surface area contributed by atoms with Crippen LogP contribution in [-0.2, 0) is 10.2 Å². The molecule has 0 saturated carbocycles. The van der Waals surface area contributed by atoms with Crippen LogP contribution in [0.2, 0.25) is 0 Å². The average Bonchev–Trinajstić information content (AvgIpc) is 2.59. The third-order valence-corrected chi connectivity index (χ3v) is 3.76. The van der Waals surface area contributed by atoms with Gasteiger partial charge in [-0.25, -0.2) is 0 Å². The van der Waals surface area contributed by atoms with Gasteiger partial charge < -0.3 is 19.5 Å². The van der Waals surface area contributed by atoms with Gasteiger partial charge in [-0.1, -0.05) is 32.9 Å². The topological polar surface area (TPSA) is 56.8 Å². The van der Waals surface area contributed by atoms with Gasteiger partial charge in [0.15, 0.2) is 18.1 Å². The Hall–Kier alpha value is -2.69. The largest absolute Gasteiger partial charge is 0.493 e. The summed E-state index contributed by atoms with van der Waals surface area (Å²) in [4.78, 5) is 12.1. The van der Waals surface area contributed by atoms with Crippen molar-refractivity contribution >= 4 is 11.6 Å². The van der Waals surface area contributed by atoms with Crippen molar-refractivity contribution in [1.82, 2.24) is 0 Å². The molecule has 5 nitrogen and oxygen atoms in total. The Morgan fingerprint density at radius 2 is 1.60 bits per heavy atom. The molecule has 2 aromatic carbocycles. The van der Waals surface area contributed by atoms with E-state index >= 15 is 0 Å². The highest BCUT2D eigenvalue weighted by atomic mass is 16.5. The predicted molar refractivity (Wildman–Crippen MR) is 98.8 cm³/mol. The summed E-state index contributed by atoms with van der Waals surface area (Å²) in [5.41, 5.74) is 1.92. The zero-order chi connectivity index (χ0) is 18.4. The first-order valence-corrected chi connectivity index (χ1v) is 8.08. The maximum Gasteiger partial charge on any atom is 0.262 e. The Balaban J connectivity index is 1.92. The van der Waals surface area contributed by atoms with E-state index in [0.717, 1.165) is 0 Å². The summed E-state index contributed by atoms with van der Waals surface area (Å²) < 4.78 is 15.9. The third-order valence-electron chi connectivity index (χ3n) is 3.76. The van der Waals surface area contributed by atoms with E-state index in [2.05, 4.69) is 26.1 Å². The number of rotatable bonds is 6. The molecule has 1 amide bonds. The Bertz CT molecular complexity index is 717. The molecule has 0 fully saturated rings. The molecular formula is C20H25NO4. The lowest BCUT2D eigenvalue weighted by Gasteiger charge is -2.19. The summed E-state index contributed by atoms with van der Waals surface area (Å²) in [5, 5.41) is 2.77. The number of hydrogen-bond donors (Lipinski definition) is 1. The Kier molecular flexibility index (Phi) is 5.91. The molecule has 0 spiro atoms. The van der Waals surface area contributed by atoms with Crippen LogP contribution in [-0.4, -0.2) is 26.7 Å². The van der Waals surface area contributed by atoms with Crippen LogP contribution in [0.3, 0.4) is 0 Å². The summed E-state index contributed by atoms with van der Waals surface area (Å²) in [5.74, 6) is 1.58. The molecular weight excluding hydrogens is 318 g/mol. The van der Waals surface area contributed by atoms with Crippen molar-refractivity contribution in [2.45, 2.75) is 26.2 Å². The zero-order valence-electron chi connectivity index (χ0n) is 15.4. The normalized spacial score (nSPS) is 10.9. The number of nitrogens with one attached hydrogen (secondary N) is 1. The van der Waals surface area contributed by atoms with Gasteiger partial charge in [0.05, 0.1) is 14.2 Å². The van der Waals surface area contributed by atoms with Crippen molar-refractivity contribution in [3.8, 4) is 17.2 Å². The molecule has 0 atom stereocenters. The van der Waals surface area contributed by atoms with Crippen LogP contribution >= 0.6 is 0 Å². The number of amides is 1. The number of carbonyl (C=O) groups excluding carboxylic acids is 1. The molecule has 1 N–H and O–H groups in total. The van der Waals surface area contributed by atoms with Gasteiger partial charge >= 0.3 is 0 Å². The summed E-state index contributed by atoms with van der Waals surface area (Å²) in [7, 11) is 3.11. The van der Waals surface area contributed by atoms with Gasteiger partial charge in [-0.2, -0.15) is 0 Å². The van der Waals surface area contributed by atoms with Gasteiger partial charge in [-0.15, -0.1) is 0 Å². The molecule has 0 radical (unpaired) electrons. The minimum atomic E-state index is -0.243. The van der Waals surface area contributed by atoms with Gasteiger partial charge in [0.1, 0.15) is 5.75 Å². The number of ether oxygens (including phenoxy) is 3. The fourth-order valence-electron chi connectivity index (χ4n) is 2.31. The lowest BCUT2D eigenvalue weighted by molar-refractivity contribution is -0.118. The lowest BCUT2D eigenvalue weighted by Crippen LogP contribution is -2.20. The fraction of sp³-hybridized carbons (Fsp3) is 0.350. The number of carbonyl (C=O) groups is 1. The van der Waals surface area contributed by atoms with Crippen molar-refractivity contribution in [3.05, 3.63) is 48.0 Å². The first-order chi connectivity index (χ1) is 11.8. The highest BCUT2D eigenvalue weighted by molar-refractivity contribution is 5.92. The van der Waals surface area contributed by atoms with Crippen LogP contribution in [0.1, 0.15) is 26.3 Å². The predicted octanol–water partition coefficient (Wildman–Crippen LogP) is 4.02. The van der Waals surface area contributed by atoms with E-state index in [0.29, 0.717) is 22.9 Å². The monoisotopic (exact) mass is 343 g/mol. The van der Waals surface area contributed by atoms with Crippen LogP contribution in [0.5, 0.6) is 17.2 Å². The second-order valence-corrected chi connectivity index (χ2v) is 6.68. The third kappa shape index (κ3) is 5.14. The molecule has 0 heterocycles. The molecule has 134 valence electrons. The van der Waals surface area contributed by atoms with Crippen LogP contribution < -0.4 is 19.5 Å². The standard InChI is InChI=1S/C20H25NO4/c1-20(2,3)14-6-9-16(10-7-14)25-13-19(22)21-15-8-11-17(23-4)18(12-15)24-5/h6-12H,13H2,1-5H3,(H,21,22). The smallest absolute Gasteiger partial charge is 0.262 e. The second kappa shape index (κ2) is 7.92. The molecule has 0 unspecified atom stereocenters. The van der Waals surface area contributed by atoms with E-state index in [-0.39, 0.29) is 17.9 Å². The summed E-state index contributed by atoms with van der Waals surface area (Å²) >= 11 is 0. The highest BCUT2D eigenvalue weighted by Crippen LogP contribution is 2.29. The SMILES string of the molecule is COc1ccc(NC(=O)COc2ccc(C(C)(C)C)cc2)cc1OC. The van der Waals surface area contributed by atoms with Crippen molar-refractivity contribution in [2.24, 2.45) is 0 Å². The van der Waals surface area contributed by atoms with Gasteiger partial charge in [0.2, 0.25) is 0 Å². The average molecular weight is 343 g/mol. The first kappa shape index (κ1) is 18.6. The molecule has 0 aliphatic heterocycles. The molecule has 25 heavy (non-hydrogen) atoms. The number of methoxy groups -OCH3 is 2. The second-order valence-electron chi connectivity index (χ2n) is 6.68. The summed E-state index contributed by atoms with van der Waals surface area (Å²) in [6.45, 7) is 6.39. The van der Waals surface area contributed by atoms with E-state index < -0.39 is 0 Å². The molecule has 2 aromatic rings. The molecule has 2 rings (SSSR count). The van der Waals surface area contributed by atoms with Crippen LogP contribution in [0.25, 0.3) is 0 Å². The first-order valence-electron chi connectivity index (χ1n) is 8.08. The number of anilines is 1. The lowest BCUT2D eigenvalue weighted by atomic mass is 9.87. The van der Waals surface area contributed by atoms with Gasteiger partial charge in [-0.3, -0.25) is 4.79 Å². The maximum atomic E-state index is 12.1. The highest BCUT2D eigenvalue weighted by Gasteiger charge is 2.13. The quantitative estimate of drug-likeness (QED) is 0.861. The summed E-state index contributed by atoms with van der Waals surface area (Å²) in [6, 6.07) is 13.0. The minimum Gasteiger partial charge on any atom is -0.493 e. The molecule has 0 saturated heterocycles. The maximum absolute atomic E-state index is 12.1. The Labute approximate surface area is 148 Å². The Morgan fingerprint density at radius 3 is 2.16 bits per heavy atom. The van der Waals surface area contributed by atoms with Crippen molar-refractivity contribution in [2.75, 3.05) is 26.1 Å². The molecule has 0 aliphatic carbocycles. The van der Waals surface area contributed by atoms with E-state index in [4.69, 9.17) is 14.2 Å². The van der Waals surface area contributed by atoms with E-state index in [1.54, 1.807) is 32.4 Å². The van der Waals surface area contributed by atoms with Crippen molar-refractivity contribution < 1.29 is 19.0 Å². The molecule has 0 aliphatic rings. The minimum absolute atomic E-state index is 0.0663. The number of benzene rings is 2.